The summed E-state index contributed by atoms with van der Waals surface area (Å²) in [6.45, 7) is 11.1. The first-order valence-electron chi connectivity index (χ1n) is 6.20. The fourth-order valence-corrected chi connectivity index (χ4v) is 2.71. The van der Waals surface area contributed by atoms with Crippen molar-refractivity contribution in [1.29, 1.82) is 0 Å². The maximum atomic E-state index is 9.13. The number of nitrogens with one attached hydrogen (secondary N) is 1. The molecule has 1 heterocycles. The van der Waals surface area contributed by atoms with Gasteiger partial charge in [0, 0.05) is 6.54 Å². The maximum Gasteiger partial charge on any atom is 0.133 e. The molecule has 17 heavy (non-hydrogen) atoms. The molecule has 94 valence electrons. The van der Waals surface area contributed by atoms with Gasteiger partial charge in [0.2, 0.25) is 0 Å². The van der Waals surface area contributed by atoms with Gasteiger partial charge in [0.05, 0.1) is 11.9 Å². The molecule has 0 atom stereocenters. The minimum atomic E-state index is 0.221. The zero-order valence-electron chi connectivity index (χ0n) is 11.1. The van der Waals surface area contributed by atoms with Gasteiger partial charge >= 0.3 is 0 Å². The third kappa shape index (κ3) is 2.16. The molecule has 1 saturated carbocycles. The predicted octanol–water partition coefficient (Wildman–Crippen LogP) is 2.56. The summed E-state index contributed by atoms with van der Waals surface area (Å²) >= 11 is 0. The van der Waals surface area contributed by atoms with Crippen molar-refractivity contribution < 1.29 is 5.11 Å². The van der Waals surface area contributed by atoms with Crippen molar-refractivity contribution in [3.63, 3.8) is 0 Å². The number of aromatic hydroxyl groups is 1. The molecule has 1 aliphatic rings. The van der Waals surface area contributed by atoms with E-state index < -0.39 is 0 Å². The van der Waals surface area contributed by atoms with Crippen LogP contribution >= 0.6 is 0 Å². The highest BCUT2D eigenvalue weighted by Gasteiger charge is 2.63. The smallest absolute Gasteiger partial charge is 0.133 e. The molecule has 0 radical (unpaired) electrons. The van der Waals surface area contributed by atoms with Crippen molar-refractivity contribution in [2.24, 2.45) is 16.7 Å². The van der Waals surface area contributed by atoms with Gasteiger partial charge in [-0.1, -0.05) is 27.7 Å². The van der Waals surface area contributed by atoms with Gasteiger partial charge in [0.1, 0.15) is 5.75 Å². The molecule has 1 aliphatic carbocycles. The van der Waals surface area contributed by atoms with Gasteiger partial charge in [0.25, 0.3) is 0 Å². The Kier molecular flexibility index (Phi) is 2.90. The minimum Gasteiger partial charge on any atom is -0.506 e. The van der Waals surface area contributed by atoms with Crippen LogP contribution in [0.3, 0.4) is 0 Å². The van der Waals surface area contributed by atoms with Gasteiger partial charge in [-0.25, -0.2) is 0 Å². The molecule has 1 aromatic rings. The molecule has 0 amide bonds. The molecule has 2 rings (SSSR count). The Morgan fingerprint density at radius 1 is 1.24 bits per heavy atom. The van der Waals surface area contributed by atoms with E-state index in [2.05, 4.69) is 38.0 Å². The van der Waals surface area contributed by atoms with E-state index in [1.807, 2.05) is 6.07 Å². The van der Waals surface area contributed by atoms with E-state index in [9.17, 15) is 0 Å². The summed E-state index contributed by atoms with van der Waals surface area (Å²) in [4.78, 5) is 4.16. The first kappa shape index (κ1) is 12.4. The molecule has 0 aliphatic heterocycles. The summed E-state index contributed by atoms with van der Waals surface area (Å²) in [5.41, 5.74) is 1.84. The standard InChI is InChI=1S/C14H22N2O/c1-13(2)12(14(13,3)4)9-15-7-10-5-6-11(17)8-16-10/h5-6,8,12,15,17H,7,9H2,1-4H3. The van der Waals surface area contributed by atoms with Crippen LogP contribution in [0.25, 0.3) is 0 Å². The van der Waals surface area contributed by atoms with Crippen LogP contribution in [0.1, 0.15) is 33.4 Å². The van der Waals surface area contributed by atoms with Crippen LogP contribution in [-0.4, -0.2) is 16.6 Å². The zero-order chi connectivity index (χ0) is 12.7. The molecule has 3 heteroatoms. The Bertz CT molecular complexity index is 381. The largest absolute Gasteiger partial charge is 0.506 e. The number of rotatable bonds is 4. The molecular weight excluding hydrogens is 212 g/mol. The monoisotopic (exact) mass is 234 g/mol. The normalized spacial score (nSPS) is 21.4. The van der Waals surface area contributed by atoms with Gasteiger partial charge in [0.15, 0.2) is 0 Å². The first-order valence-corrected chi connectivity index (χ1v) is 6.20. The molecular formula is C14H22N2O. The lowest BCUT2D eigenvalue weighted by Gasteiger charge is -2.05. The minimum absolute atomic E-state index is 0.221. The fraction of sp³-hybridized carbons (Fsp3) is 0.643. The van der Waals surface area contributed by atoms with Crippen molar-refractivity contribution >= 4 is 0 Å². The SMILES string of the molecule is CC1(C)C(CNCc2ccc(O)cn2)C1(C)C. The Hall–Kier alpha value is -1.09. The number of hydrogen-bond donors (Lipinski definition) is 2. The van der Waals surface area contributed by atoms with Crippen molar-refractivity contribution in [1.82, 2.24) is 10.3 Å². The van der Waals surface area contributed by atoms with Crippen LogP contribution in [0.4, 0.5) is 0 Å². The zero-order valence-corrected chi connectivity index (χ0v) is 11.1. The lowest BCUT2D eigenvalue weighted by atomic mass is 10.0. The van der Waals surface area contributed by atoms with Gasteiger partial charge in [-0.2, -0.15) is 0 Å². The van der Waals surface area contributed by atoms with Gasteiger partial charge in [-0.05, 0) is 35.4 Å². The number of pyridine rings is 1. The number of aromatic nitrogens is 1. The second-order valence-corrected chi connectivity index (χ2v) is 6.13. The molecule has 1 aromatic heterocycles. The Morgan fingerprint density at radius 2 is 1.88 bits per heavy atom. The topological polar surface area (TPSA) is 45.1 Å². The average Bonchev–Trinajstić information content (AvgIpc) is 2.63. The Labute approximate surface area is 103 Å². The molecule has 3 nitrogen and oxygen atoms in total. The molecule has 2 N–H and O–H groups in total. The summed E-state index contributed by atoms with van der Waals surface area (Å²) < 4.78 is 0. The van der Waals surface area contributed by atoms with E-state index in [4.69, 9.17) is 5.11 Å². The van der Waals surface area contributed by atoms with Gasteiger partial charge in [-0.15, -0.1) is 0 Å². The number of nitrogens with zero attached hydrogens (tertiary/aromatic N) is 1. The van der Waals surface area contributed by atoms with E-state index in [1.54, 1.807) is 6.07 Å². The summed E-state index contributed by atoms with van der Waals surface area (Å²) in [6, 6.07) is 3.53. The maximum absolute atomic E-state index is 9.13. The molecule has 0 spiro atoms. The fourth-order valence-electron chi connectivity index (χ4n) is 2.71. The second kappa shape index (κ2) is 3.98. The summed E-state index contributed by atoms with van der Waals surface area (Å²) in [5.74, 6) is 0.949. The van der Waals surface area contributed by atoms with Crippen LogP contribution < -0.4 is 5.32 Å². The molecule has 1 fully saturated rings. The summed E-state index contributed by atoms with van der Waals surface area (Å²) in [7, 11) is 0. The van der Waals surface area contributed by atoms with Crippen molar-refractivity contribution in [2.75, 3.05) is 6.54 Å². The summed E-state index contributed by atoms with van der Waals surface area (Å²) in [5, 5.41) is 12.6. The Balaban J connectivity index is 1.80. The van der Waals surface area contributed by atoms with E-state index in [0.29, 0.717) is 10.8 Å². The highest BCUT2D eigenvalue weighted by atomic mass is 16.3. The highest BCUT2D eigenvalue weighted by molar-refractivity contribution is 5.18. The van der Waals surface area contributed by atoms with Crippen LogP contribution in [-0.2, 0) is 6.54 Å². The van der Waals surface area contributed by atoms with Crippen LogP contribution in [0.2, 0.25) is 0 Å². The lowest BCUT2D eigenvalue weighted by molar-refractivity contribution is 0.457. The molecule has 0 saturated heterocycles. The number of hydrogen-bond acceptors (Lipinski definition) is 3. The van der Waals surface area contributed by atoms with Gasteiger partial charge in [-0.3, -0.25) is 4.98 Å². The summed E-state index contributed by atoms with van der Waals surface area (Å²) in [6.07, 6.45) is 1.49. The van der Waals surface area contributed by atoms with E-state index in [1.165, 1.54) is 6.20 Å². The highest BCUT2D eigenvalue weighted by Crippen LogP contribution is 2.67. The van der Waals surface area contributed by atoms with Gasteiger partial charge < -0.3 is 10.4 Å². The predicted molar refractivity (Wildman–Crippen MR) is 68.7 cm³/mol. The molecule has 0 aromatic carbocycles. The quantitative estimate of drug-likeness (QED) is 0.841. The van der Waals surface area contributed by atoms with Crippen molar-refractivity contribution in [3.8, 4) is 5.75 Å². The lowest BCUT2D eigenvalue weighted by Crippen LogP contribution is -2.19. The first-order chi connectivity index (χ1) is 7.85. The average molecular weight is 234 g/mol. The second-order valence-electron chi connectivity index (χ2n) is 6.13. The third-order valence-electron chi connectivity index (χ3n) is 4.78. The van der Waals surface area contributed by atoms with Crippen LogP contribution in [0, 0.1) is 16.7 Å². The molecule has 0 bridgehead atoms. The van der Waals surface area contributed by atoms with Crippen molar-refractivity contribution in [2.45, 2.75) is 34.2 Å². The Morgan fingerprint density at radius 3 is 2.35 bits per heavy atom. The van der Waals surface area contributed by atoms with Crippen LogP contribution in [0.15, 0.2) is 18.3 Å². The third-order valence-corrected chi connectivity index (χ3v) is 4.78. The van der Waals surface area contributed by atoms with E-state index in [0.717, 1.165) is 24.7 Å². The molecule has 0 unspecified atom stereocenters. The van der Waals surface area contributed by atoms with Crippen molar-refractivity contribution in [3.05, 3.63) is 24.0 Å². The van der Waals surface area contributed by atoms with Crippen LogP contribution in [0.5, 0.6) is 5.75 Å². The van der Waals surface area contributed by atoms with E-state index >= 15 is 0 Å². The van der Waals surface area contributed by atoms with E-state index in [-0.39, 0.29) is 5.75 Å².